The lowest BCUT2D eigenvalue weighted by molar-refractivity contribution is -0.105. The number of ether oxygens (including phenoxy) is 1. The van der Waals surface area contributed by atoms with E-state index in [0.717, 1.165) is 26.3 Å². The second-order valence-electron chi connectivity index (χ2n) is 5.57. The summed E-state index contributed by atoms with van der Waals surface area (Å²) in [5.41, 5.74) is 9.77. The van der Waals surface area contributed by atoms with Crippen LogP contribution in [0.4, 0.5) is 0 Å². The molecule has 4 N–H and O–H groups in total. The molecule has 2 aromatic rings. The van der Waals surface area contributed by atoms with Crippen LogP contribution in [0.2, 0.25) is 0 Å². The third kappa shape index (κ3) is 2.27. The molecule has 0 amide bonds. The Hall–Kier alpha value is -1.36. The zero-order valence-corrected chi connectivity index (χ0v) is 11.3. The van der Waals surface area contributed by atoms with E-state index in [9.17, 15) is 0 Å². The number of fused-ring (bicyclic) bond motifs is 1. The van der Waals surface area contributed by atoms with Gasteiger partial charge in [0.25, 0.3) is 0 Å². The molecule has 1 saturated heterocycles. The van der Waals surface area contributed by atoms with Crippen molar-refractivity contribution < 1.29 is 4.74 Å². The highest BCUT2D eigenvalue weighted by Crippen LogP contribution is 2.26. The van der Waals surface area contributed by atoms with Crippen LogP contribution in [-0.4, -0.2) is 31.3 Å². The number of aromatic nitrogens is 1. The molecule has 4 heteroatoms. The quantitative estimate of drug-likeness (QED) is 0.763. The van der Waals surface area contributed by atoms with Crippen LogP contribution in [0.25, 0.3) is 10.9 Å². The lowest BCUT2D eigenvalue weighted by atomic mass is 9.86. The van der Waals surface area contributed by atoms with Crippen molar-refractivity contribution in [1.29, 1.82) is 0 Å². The van der Waals surface area contributed by atoms with E-state index in [1.165, 1.54) is 22.2 Å². The second-order valence-corrected chi connectivity index (χ2v) is 5.57. The number of H-pyrrole nitrogens is 1. The second kappa shape index (κ2) is 4.96. The number of nitrogens with one attached hydrogen (secondary N) is 2. The van der Waals surface area contributed by atoms with Crippen LogP contribution in [0.15, 0.2) is 24.3 Å². The molecule has 1 aliphatic rings. The minimum Gasteiger partial charge on any atom is -0.380 e. The summed E-state index contributed by atoms with van der Waals surface area (Å²) in [6, 6.07) is 8.43. The fraction of sp³-hybridized carbons (Fsp3) is 0.467. The first-order valence-corrected chi connectivity index (χ1v) is 6.79. The fourth-order valence-electron chi connectivity index (χ4n) is 2.70. The van der Waals surface area contributed by atoms with Crippen LogP contribution in [-0.2, 0) is 11.3 Å². The third-order valence-corrected chi connectivity index (χ3v) is 4.08. The van der Waals surface area contributed by atoms with Crippen LogP contribution in [0.5, 0.6) is 0 Å². The van der Waals surface area contributed by atoms with E-state index in [2.05, 4.69) is 41.5 Å². The third-order valence-electron chi connectivity index (χ3n) is 4.08. The minimum absolute atomic E-state index is 0.153. The zero-order valence-electron chi connectivity index (χ0n) is 11.3. The molecule has 0 atom stereocenters. The Bertz CT molecular complexity index is 566. The molecule has 0 aliphatic carbocycles. The van der Waals surface area contributed by atoms with E-state index in [0.29, 0.717) is 6.54 Å². The summed E-state index contributed by atoms with van der Waals surface area (Å²) >= 11 is 0. The molecule has 0 saturated carbocycles. The van der Waals surface area contributed by atoms with E-state index in [1.54, 1.807) is 0 Å². The lowest BCUT2D eigenvalue weighted by Crippen LogP contribution is -2.54. The van der Waals surface area contributed by atoms with Gasteiger partial charge in [0.2, 0.25) is 0 Å². The van der Waals surface area contributed by atoms with Crippen molar-refractivity contribution in [2.75, 3.05) is 26.3 Å². The molecule has 102 valence electrons. The Labute approximate surface area is 113 Å². The highest BCUT2D eigenvalue weighted by Gasteiger charge is 2.36. The van der Waals surface area contributed by atoms with Gasteiger partial charge >= 0.3 is 0 Å². The van der Waals surface area contributed by atoms with E-state index >= 15 is 0 Å². The molecule has 1 fully saturated rings. The molecule has 1 aromatic carbocycles. The molecule has 0 bridgehead atoms. The van der Waals surface area contributed by atoms with Crippen molar-refractivity contribution in [3.05, 3.63) is 35.5 Å². The average Bonchev–Trinajstić information content (AvgIpc) is 2.69. The summed E-state index contributed by atoms with van der Waals surface area (Å²) in [4.78, 5) is 3.43. The maximum absolute atomic E-state index is 5.82. The SMILES string of the molecule is Cc1[nH]c2ccccc2c1CNCC1(CN)COC1. The van der Waals surface area contributed by atoms with Crippen LogP contribution >= 0.6 is 0 Å². The highest BCUT2D eigenvalue weighted by atomic mass is 16.5. The Kier molecular flexibility index (Phi) is 3.31. The number of aryl methyl sites for hydroxylation is 1. The molecule has 1 aromatic heterocycles. The Balaban J connectivity index is 1.70. The van der Waals surface area contributed by atoms with Crippen LogP contribution in [0.3, 0.4) is 0 Å². The first kappa shape index (κ1) is 12.7. The summed E-state index contributed by atoms with van der Waals surface area (Å²) in [7, 11) is 0. The number of hydrogen-bond donors (Lipinski definition) is 3. The number of rotatable bonds is 5. The molecule has 0 spiro atoms. The van der Waals surface area contributed by atoms with Gasteiger partial charge in [-0.05, 0) is 18.6 Å². The van der Waals surface area contributed by atoms with Crippen molar-refractivity contribution >= 4 is 10.9 Å². The van der Waals surface area contributed by atoms with E-state index in [-0.39, 0.29) is 5.41 Å². The van der Waals surface area contributed by atoms with Crippen molar-refractivity contribution in [2.45, 2.75) is 13.5 Å². The fourth-order valence-corrected chi connectivity index (χ4v) is 2.70. The summed E-state index contributed by atoms with van der Waals surface area (Å²) in [5, 5.41) is 4.84. The average molecular weight is 259 g/mol. The molecular formula is C15H21N3O. The van der Waals surface area contributed by atoms with Gasteiger partial charge in [-0.2, -0.15) is 0 Å². The number of aromatic amines is 1. The van der Waals surface area contributed by atoms with Gasteiger partial charge in [-0.15, -0.1) is 0 Å². The van der Waals surface area contributed by atoms with Gasteiger partial charge in [-0.3, -0.25) is 0 Å². The molecule has 0 unspecified atom stereocenters. The Morgan fingerprint density at radius 1 is 1.37 bits per heavy atom. The first-order valence-electron chi connectivity index (χ1n) is 6.79. The van der Waals surface area contributed by atoms with E-state index < -0.39 is 0 Å². The Morgan fingerprint density at radius 3 is 2.84 bits per heavy atom. The van der Waals surface area contributed by atoms with Gasteiger partial charge in [0.15, 0.2) is 0 Å². The van der Waals surface area contributed by atoms with Gasteiger partial charge in [-0.1, -0.05) is 18.2 Å². The molecule has 0 radical (unpaired) electrons. The predicted octanol–water partition coefficient (Wildman–Crippen LogP) is 1.54. The smallest absolute Gasteiger partial charge is 0.0569 e. The predicted molar refractivity (Wildman–Crippen MR) is 77.0 cm³/mol. The monoisotopic (exact) mass is 259 g/mol. The van der Waals surface area contributed by atoms with Gasteiger partial charge in [0, 0.05) is 41.6 Å². The van der Waals surface area contributed by atoms with Gasteiger partial charge < -0.3 is 20.8 Å². The maximum atomic E-state index is 5.82. The summed E-state index contributed by atoms with van der Waals surface area (Å²) < 4.78 is 5.28. The summed E-state index contributed by atoms with van der Waals surface area (Å²) in [6.45, 7) is 6.17. The van der Waals surface area contributed by atoms with Crippen LogP contribution < -0.4 is 11.1 Å². The summed E-state index contributed by atoms with van der Waals surface area (Å²) in [6.07, 6.45) is 0. The highest BCUT2D eigenvalue weighted by molar-refractivity contribution is 5.84. The minimum atomic E-state index is 0.153. The number of para-hydroxylation sites is 1. The zero-order chi connectivity index (χ0) is 13.3. The van der Waals surface area contributed by atoms with Crippen molar-refractivity contribution in [3.8, 4) is 0 Å². The van der Waals surface area contributed by atoms with Crippen molar-refractivity contribution in [1.82, 2.24) is 10.3 Å². The van der Waals surface area contributed by atoms with E-state index in [4.69, 9.17) is 10.5 Å². The molecule has 2 heterocycles. The Morgan fingerprint density at radius 2 is 2.16 bits per heavy atom. The normalized spacial score (nSPS) is 17.6. The van der Waals surface area contributed by atoms with Crippen LogP contribution in [0, 0.1) is 12.3 Å². The summed E-state index contributed by atoms with van der Waals surface area (Å²) in [5.74, 6) is 0. The first-order chi connectivity index (χ1) is 9.24. The van der Waals surface area contributed by atoms with Gasteiger partial charge in [0.1, 0.15) is 0 Å². The molecule has 3 rings (SSSR count). The molecule has 4 nitrogen and oxygen atoms in total. The molecule has 1 aliphatic heterocycles. The number of hydrogen-bond acceptors (Lipinski definition) is 3. The number of benzene rings is 1. The largest absolute Gasteiger partial charge is 0.380 e. The van der Waals surface area contributed by atoms with Crippen LogP contribution in [0.1, 0.15) is 11.3 Å². The van der Waals surface area contributed by atoms with Gasteiger partial charge in [0.05, 0.1) is 13.2 Å². The van der Waals surface area contributed by atoms with E-state index in [1.807, 2.05) is 0 Å². The van der Waals surface area contributed by atoms with Gasteiger partial charge in [-0.25, -0.2) is 0 Å². The molecular weight excluding hydrogens is 238 g/mol. The lowest BCUT2D eigenvalue weighted by Gasteiger charge is -2.40. The van der Waals surface area contributed by atoms with Crippen molar-refractivity contribution in [3.63, 3.8) is 0 Å². The topological polar surface area (TPSA) is 63.1 Å². The molecule has 19 heavy (non-hydrogen) atoms. The standard InChI is InChI=1S/C15H21N3O/c1-11-13(12-4-2-3-5-14(12)18-11)6-17-8-15(7-16)9-19-10-15/h2-5,17-18H,6-10,16H2,1H3. The van der Waals surface area contributed by atoms with Crippen molar-refractivity contribution in [2.24, 2.45) is 11.1 Å². The number of nitrogens with two attached hydrogens (primary N) is 1. The maximum Gasteiger partial charge on any atom is 0.0569 e.